The highest BCUT2D eigenvalue weighted by Gasteiger charge is 2.21. The molecule has 1 aromatic carbocycles. The minimum absolute atomic E-state index is 0.202. The fraction of sp³-hybridized carbons (Fsp3) is 0.222. The van der Waals surface area contributed by atoms with Gasteiger partial charge in [0.05, 0.1) is 5.56 Å². The number of benzene rings is 1. The topological polar surface area (TPSA) is 49.3 Å². The third-order valence-electron chi connectivity index (χ3n) is 2.07. The van der Waals surface area contributed by atoms with Crippen LogP contribution in [0.3, 0.4) is 0 Å². The second-order valence-electron chi connectivity index (χ2n) is 2.96. The molecule has 0 spiro atoms. The maximum absolute atomic E-state index is 12.8. The van der Waals surface area contributed by atoms with Crippen LogP contribution in [0.15, 0.2) is 12.1 Å². The summed E-state index contributed by atoms with van der Waals surface area (Å²) in [5.41, 5.74) is 0.772. The lowest BCUT2D eigenvalue weighted by atomic mass is 9.99. The number of rotatable bonds is 0. The van der Waals surface area contributed by atoms with Crippen LogP contribution in [0.25, 0.3) is 0 Å². The first kappa shape index (κ1) is 8.04. The van der Waals surface area contributed by atoms with Gasteiger partial charge in [0.25, 0.3) is 5.91 Å². The van der Waals surface area contributed by atoms with Crippen molar-refractivity contribution in [2.24, 2.45) is 0 Å². The Bertz CT molecular complexity index is 376. The number of carbonyl (C=O) groups is 1. The van der Waals surface area contributed by atoms with Crippen LogP contribution in [0, 0.1) is 5.82 Å². The normalized spacial score (nSPS) is 15.0. The van der Waals surface area contributed by atoms with E-state index in [-0.39, 0.29) is 17.2 Å². The number of carbonyl (C=O) groups excluding carboxylic acids is 1. The third-order valence-corrected chi connectivity index (χ3v) is 2.07. The van der Waals surface area contributed by atoms with Gasteiger partial charge in [-0.1, -0.05) is 0 Å². The van der Waals surface area contributed by atoms with Gasteiger partial charge < -0.3 is 10.4 Å². The molecule has 3 nitrogen and oxygen atoms in total. The Kier molecular flexibility index (Phi) is 1.69. The van der Waals surface area contributed by atoms with Crippen LogP contribution in [0.1, 0.15) is 15.9 Å². The molecule has 0 fully saturated rings. The molecule has 0 radical (unpaired) electrons. The number of nitrogens with one attached hydrogen (secondary N) is 1. The van der Waals surface area contributed by atoms with E-state index >= 15 is 0 Å². The van der Waals surface area contributed by atoms with Crippen molar-refractivity contribution < 1.29 is 14.3 Å². The van der Waals surface area contributed by atoms with Gasteiger partial charge in [0.15, 0.2) is 0 Å². The number of phenols is 1. The molecule has 0 saturated heterocycles. The van der Waals surface area contributed by atoms with Gasteiger partial charge in [-0.25, -0.2) is 4.39 Å². The van der Waals surface area contributed by atoms with E-state index in [4.69, 9.17) is 0 Å². The minimum Gasteiger partial charge on any atom is -0.507 e. The molecule has 0 aromatic heterocycles. The Morgan fingerprint density at radius 2 is 2.23 bits per heavy atom. The van der Waals surface area contributed by atoms with Crippen LogP contribution in [-0.4, -0.2) is 17.6 Å². The van der Waals surface area contributed by atoms with Crippen molar-refractivity contribution in [2.45, 2.75) is 6.42 Å². The summed E-state index contributed by atoms with van der Waals surface area (Å²) in [4.78, 5) is 11.2. The molecule has 4 heteroatoms. The van der Waals surface area contributed by atoms with E-state index in [1.165, 1.54) is 6.07 Å². The number of fused-ring (bicyclic) bond motifs is 1. The molecule has 68 valence electrons. The Morgan fingerprint density at radius 1 is 1.46 bits per heavy atom. The molecule has 2 N–H and O–H groups in total. The summed E-state index contributed by atoms with van der Waals surface area (Å²) in [6.45, 7) is 0.495. The van der Waals surface area contributed by atoms with E-state index in [1.54, 1.807) is 0 Å². The SMILES string of the molecule is O=C1NCCc2cc(F)cc(O)c21. The molecule has 0 saturated carbocycles. The molecule has 0 unspecified atom stereocenters. The molecule has 1 aliphatic heterocycles. The van der Waals surface area contributed by atoms with Gasteiger partial charge in [0.1, 0.15) is 11.6 Å². The van der Waals surface area contributed by atoms with Crippen LogP contribution in [0.2, 0.25) is 0 Å². The van der Waals surface area contributed by atoms with Crippen molar-refractivity contribution in [1.29, 1.82) is 0 Å². The number of hydrogen-bond donors (Lipinski definition) is 2. The van der Waals surface area contributed by atoms with Crippen LogP contribution >= 0.6 is 0 Å². The van der Waals surface area contributed by atoms with Crippen LogP contribution < -0.4 is 5.32 Å². The van der Waals surface area contributed by atoms with Gasteiger partial charge in [-0.15, -0.1) is 0 Å². The molecule has 1 aromatic rings. The van der Waals surface area contributed by atoms with E-state index in [1.807, 2.05) is 0 Å². The molecule has 0 atom stereocenters. The van der Waals surface area contributed by atoms with Gasteiger partial charge in [0.2, 0.25) is 0 Å². The smallest absolute Gasteiger partial charge is 0.255 e. The van der Waals surface area contributed by atoms with E-state index in [0.29, 0.717) is 18.5 Å². The van der Waals surface area contributed by atoms with Gasteiger partial charge in [-0.3, -0.25) is 4.79 Å². The first-order valence-corrected chi connectivity index (χ1v) is 3.98. The highest BCUT2D eigenvalue weighted by molar-refractivity contribution is 5.99. The highest BCUT2D eigenvalue weighted by atomic mass is 19.1. The maximum atomic E-state index is 12.8. The second-order valence-corrected chi connectivity index (χ2v) is 2.96. The van der Waals surface area contributed by atoms with E-state index in [0.717, 1.165) is 6.07 Å². The zero-order valence-electron chi connectivity index (χ0n) is 6.80. The summed E-state index contributed by atoms with van der Waals surface area (Å²) in [6.07, 6.45) is 0.562. The fourth-order valence-corrected chi connectivity index (χ4v) is 1.51. The Morgan fingerprint density at radius 3 is 3.00 bits per heavy atom. The summed E-state index contributed by atoms with van der Waals surface area (Å²) in [7, 11) is 0. The van der Waals surface area contributed by atoms with E-state index in [2.05, 4.69) is 5.32 Å². The van der Waals surface area contributed by atoms with Gasteiger partial charge in [-0.2, -0.15) is 0 Å². The Balaban J connectivity index is 2.63. The van der Waals surface area contributed by atoms with Crippen molar-refractivity contribution >= 4 is 5.91 Å². The summed E-state index contributed by atoms with van der Waals surface area (Å²) in [6, 6.07) is 2.23. The molecular weight excluding hydrogens is 173 g/mol. The monoisotopic (exact) mass is 181 g/mol. The number of amides is 1. The Hall–Kier alpha value is -1.58. The predicted octanol–water partition coefficient (Wildman–Crippen LogP) is 0.817. The quantitative estimate of drug-likeness (QED) is 0.622. The lowest BCUT2D eigenvalue weighted by Gasteiger charge is -2.16. The highest BCUT2D eigenvalue weighted by Crippen LogP contribution is 2.25. The maximum Gasteiger partial charge on any atom is 0.255 e. The van der Waals surface area contributed by atoms with Crippen molar-refractivity contribution in [3.05, 3.63) is 29.1 Å². The van der Waals surface area contributed by atoms with Gasteiger partial charge in [0, 0.05) is 12.6 Å². The summed E-state index contributed by atoms with van der Waals surface area (Å²) in [5.74, 6) is -1.13. The average Bonchev–Trinajstić information content (AvgIpc) is 2.02. The summed E-state index contributed by atoms with van der Waals surface area (Å²) >= 11 is 0. The molecule has 0 aliphatic carbocycles. The van der Waals surface area contributed by atoms with E-state index in [9.17, 15) is 14.3 Å². The van der Waals surface area contributed by atoms with Crippen LogP contribution in [-0.2, 0) is 6.42 Å². The number of aromatic hydroxyl groups is 1. The molecule has 13 heavy (non-hydrogen) atoms. The van der Waals surface area contributed by atoms with Crippen molar-refractivity contribution in [2.75, 3.05) is 6.54 Å². The molecule has 1 heterocycles. The number of phenolic OH excluding ortho intramolecular Hbond substituents is 1. The van der Waals surface area contributed by atoms with E-state index < -0.39 is 5.82 Å². The van der Waals surface area contributed by atoms with Crippen molar-refractivity contribution in [1.82, 2.24) is 5.32 Å². The lowest BCUT2D eigenvalue weighted by Crippen LogP contribution is -2.31. The van der Waals surface area contributed by atoms with Crippen molar-refractivity contribution in [3.63, 3.8) is 0 Å². The minimum atomic E-state index is -0.508. The lowest BCUT2D eigenvalue weighted by molar-refractivity contribution is 0.0943. The molecule has 1 aliphatic rings. The third kappa shape index (κ3) is 1.24. The summed E-state index contributed by atoms with van der Waals surface area (Å²) < 4.78 is 12.8. The average molecular weight is 181 g/mol. The second kappa shape index (κ2) is 2.73. The van der Waals surface area contributed by atoms with Gasteiger partial charge >= 0.3 is 0 Å². The first-order valence-electron chi connectivity index (χ1n) is 3.98. The molecule has 0 bridgehead atoms. The number of halogens is 1. The van der Waals surface area contributed by atoms with Crippen molar-refractivity contribution in [3.8, 4) is 5.75 Å². The van der Waals surface area contributed by atoms with Crippen LogP contribution in [0.4, 0.5) is 4.39 Å². The fourth-order valence-electron chi connectivity index (χ4n) is 1.51. The molecule has 2 rings (SSSR count). The standard InChI is InChI=1S/C9H8FNO2/c10-6-3-5-1-2-11-9(13)8(5)7(12)4-6/h3-4,12H,1-2H2,(H,11,13). The summed E-state index contributed by atoms with van der Waals surface area (Å²) in [5, 5.41) is 11.9. The molecule has 1 amide bonds. The predicted molar refractivity (Wildman–Crippen MR) is 44.1 cm³/mol. The zero-order valence-corrected chi connectivity index (χ0v) is 6.80. The number of hydrogen-bond acceptors (Lipinski definition) is 2. The van der Waals surface area contributed by atoms with Gasteiger partial charge in [-0.05, 0) is 18.1 Å². The first-order chi connectivity index (χ1) is 6.18. The Labute approximate surface area is 74.2 Å². The molecular formula is C9H8FNO2. The van der Waals surface area contributed by atoms with Crippen LogP contribution in [0.5, 0.6) is 5.75 Å². The zero-order chi connectivity index (χ0) is 9.42. The largest absolute Gasteiger partial charge is 0.507 e.